The number of nitrogens with zero attached hydrogens (tertiary/aromatic N) is 2. The van der Waals surface area contributed by atoms with Gasteiger partial charge in [0.25, 0.3) is 0 Å². The molecule has 0 spiro atoms. The average Bonchev–Trinajstić information content (AvgIpc) is 2.29. The summed E-state index contributed by atoms with van der Waals surface area (Å²) in [6, 6.07) is 0. The SMILES string of the molecule is CCO[C@@H]1CCCN(CCOC(=O)N(C)C)C1. The Morgan fingerprint density at radius 1 is 1.47 bits per heavy atom. The summed E-state index contributed by atoms with van der Waals surface area (Å²) in [5.74, 6) is 0. The van der Waals surface area contributed by atoms with E-state index in [0.717, 1.165) is 39.1 Å². The highest BCUT2D eigenvalue weighted by atomic mass is 16.6. The molecular weight excluding hydrogens is 220 g/mol. The highest BCUT2D eigenvalue weighted by Gasteiger charge is 2.19. The van der Waals surface area contributed by atoms with Gasteiger partial charge >= 0.3 is 6.09 Å². The van der Waals surface area contributed by atoms with Gasteiger partial charge < -0.3 is 14.4 Å². The van der Waals surface area contributed by atoms with Crippen molar-refractivity contribution in [1.29, 1.82) is 0 Å². The van der Waals surface area contributed by atoms with E-state index in [1.807, 2.05) is 6.92 Å². The molecule has 0 aromatic heterocycles. The number of hydrogen-bond donors (Lipinski definition) is 0. The highest BCUT2D eigenvalue weighted by Crippen LogP contribution is 2.12. The maximum Gasteiger partial charge on any atom is 0.409 e. The van der Waals surface area contributed by atoms with Gasteiger partial charge in [-0.25, -0.2) is 4.79 Å². The highest BCUT2D eigenvalue weighted by molar-refractivity contribution is 5.66. The third-order valence-electron chi connectivity index (χ3n) is 2.86. The molecule has 0 bridgehead atoms. The van der Waals surface area contributed by atoms with Gasteiger partial charge in [-0.15, -0.1) is 0 Å². The van der Waals surface area contributed by atoms with Crippen molar-refractivity contribution in [2.45, 2.75) is 25.9 Å². The third-order valence-corrected chi connectivity index (χ3v) is 2.86. The lowest BCUT2D eigenvalue weighted by Gasteiger charge is -2.32. The van der Waals surface area contributed by atoms with E-state index in [2.05, 4.69) is 4.90 Å². The van der Waals surface area contributed by atoms with Crippen molar-refractivity contribution in [2.75, 3.05) is 46.9 Å². The Morgan fingerprint density at radius 3 is 2.88 bits per heavy atom. The van der Waals surface area contributed by atoms with E-state index in [-0.39, 0.29) is 6.09 Å². The Hall–Kier alpha value is -0.810. The van der Waals surface area contributed by atoms with Crippen LogP contribution in [0.25, 0.3) is 0 Å². The second-order valence-electron chi connectivity index (χ2n) is 4.53. The first-order valence-corrected chi connectivity index (χ1v) is 6.31. The van der Waals surface area contributed by atoms with E-state index >= 15 is 0 Å². The number of carbonyl (C=O) groups is 1. The molecule has 0 N–H and O–H groups in total. The Morgan fingerprint density at radius 2 is 2.24 bits per heavy atom. The molecule has 0 aromatic rings. The van der Waals surface area contributed by atoms with Crippen LogP contribution in [0.15, 0.2) is 0 Å². The molecule has 1 saturated heterocycles. The molecule has 100 valence electrons. The summed E-state index contributed by atoms with van der Waals surface area (Å²) in [6.07, 6.45) is 2.37. The normalized spacial score (nSPS) is 21.2. The zero-order chi connectivity index (χ0) is 12.7. The number of rotatable bonds is 5. The summed E-state index contributed by atoms with van der Waals surface area (Å²) in [7, 11) is 3.38. The number of hydrogen-bond acceptors (Lipinski definition) is 4. The van der Waals surface area contributed by atoms with Gasteiger partial charge in [0.15, 0.2) is 0 Å². The van der Waals surface area contributed by atoms with Crippen molar-refractivity contribution >= 4 is 6.09 Å². The van der Waals surface area contributed by atoms with Crippen molar-refractivity contribution in [3.05, 3.63) is 0 Å². The molecule has 5 nitrogen and oxygen atoms in total. The first kappa shape index (κ1) is 14.3. The lowest BCUT2D eigenvalue weighted by molar-refractivity contribution is 0.000370. The van der Waals surface area contributed by atoms with Crippen LogP contribution in [-0.2, 0) is 9.47 Å². The third kappa shape index (κ3) is 5.37. The fourth-order valence-corrected chi connectivity index (χ4v) is 1.98. The molecule has 1 atom stereocenters. The first-order valence-electron chi connectivity index (χ1n) is 6.31. The van der Waals surface area contributed by atoms with Crippen LogP contribution < -0.4 is 0 Å². The second kappa shape index (κ2) is 7.50. The van der Waals surface area contributed by atoms with Crippen LogP contribution in [0.5, 0.6) is 0 Å². The maximum absolute atomic E-state index is 11.2. The Kier molecular flexibility index (Phi) is 6.29. The van der Waals surface area contributed by atoms with Gasteiger partial charge in [-0.2, -0.15) is 0 Å². The number of carbonyl (C=O) groups excluding carboxylic acids is 1. The molecule has 0 radical (unpaired) electrons. The largest absolute Gasteiger partial charge is 0.448 e. The molecule has 0 unspecified atom stereocenters. The molecule has 0 saturated carbocycles. The minimum absolute atomic E-state index is 0.275. The predicted octanol–water partition coefficient (Wildman–Crippen LogP) is 1.19. The van der Waals surface area contributed by atoms with Gasteiger partial charge in [0, 0.05) is 33.8 Å². The lowest BCUT2D eigenvalue weighted by Crippen LogP contribution is -2.41. The van der Waals surface area contributed by atoms with Crippen molar-refractivity contribution in [3.63, 3.8) is 0 Å². The topological polar surface area (TPSA) is 42.0 Å². The summed E-state index contributed by atoms with van der Waals surface area (Å²) in [6.45, 7) is 6.07. The van der Waals surface area contributed by atoms with Gasteiger partial charge in [-0.3, -0.25) is 4.90 Å². The zero-order valence-corrected chi connectivity index (χ0v) is 11.1. The number of likely N-dealkylation sites (tertiary alicyclic amines) is 1. The van der Waals surface area contributed by atoms with Crippen molar-refractivity contribution < 1.29 is 14.3 Å². The molecular formula is C12H24N2O3. The summed E-state index contributed by atoms with van der Waals surface area (Å²) in [5.41, 5.74) is 0. The Balaban J connectivity index is 2.16. The number of ether oxygens (including phenoxy) is 2. The summed E-state index contributed by atoms with van der Waals surface area (Å²) in [5, 5.41) is 0. The van der Waals surface area contributed by atoms with E-state index < -0.39 is 0 Å². The van der Waals surface area contributed by atoms with Crippen molar-refractivity contribution in [3.8, 4) is 0 Å². The predicted molar refractivity (Wildman–Crippen MR) is 66.1 cm³/mol. The van der Waals surface area contributed by atoms with Crippen LogP contribution in [0.3, 0.4) is 0 Å². The second-order valence-corrected chi connectivity index (χ2v) is 4.53. The summed E-state index contributed by atoms with van der Waals surface area (Å²) < 4.78 is 10.7. The molecule has 1 rings (SSSR count). The van der Waals surface area contributed by atoms with E-state index in [1.165, 1.54) is 4.90 Å². The molecule has 1 fully saturated rings. The Bertz CT molecular complexity index is 232. The Labute approximate surface area is 104 Å². The number of piperidine rings is 1. The monoisotopic (exact) mass is 244 g/mol. The van der Waals surface area contributed by atoms with Crippen LogP contribution in [0.4, 0.5) is 4.79 Å². The minimum Gasteiger partial charge on any atom is -0.448 e. The molecule has 1 amide bonds. The molecule has 17 heavy (non-hydrogen) atoms. The number of amides is 1. The van der Waals surface area contributed by atoms with Crippen LogP contribution in [-0.4, -0.2) is 68.9 Å². The van der Waals surface area contributed by atoms with Crippen molar-refractivity contribution in [1.82, 2.24) is 9.80 Å². The van der Waals surface area contributed by atoms with Gasteiger partial charge in [-0.05, 0) is 26.3 Å². The van der Waals surface area contributed by atoms with Crippen LogP contribution in [0.1, 0.15) is 19.8 Å². The fourth-order valence-electron chi connectivity index (χ4n) is 1.98. The summed E-state index contributed by atoms with van der Waals surface area (Å²) in [4.78, 5) is 15.0. The van der Waals surface area contributed by atoms with E-state index in [9.17, 15) is 4.79 Å². The van der Waals surface area contributed by atoms with E-state index in [0.29, 0.717) is 12.7 Å². The lowest BCUT2D eigenvalue weighted by atomic mass is 10.1. The smallest absolute Gasteiger partial charge is 0.409 e. The quantitative estimate of drug-likeness (QED) is 0.728. The van der Waals surface area contributed by atoms with Gasteiger partial charge in [0.05, 0.1) is 6.10 Å². The minimum atomic E-state index is -0.275. The maximum atomic E-state index is 11.2. The van der Waals surface area contributed by atoms with Crippen LogP contribution >= 0.6 is 0 Å². The molecule has 0 aromatic carbocycles. The van der Waals surface area contributed by atoms with Gasteiger partial charge in [0.2, 0.25) is 0 Å². The fraction of sp³-hybridized carbons (Fsp3) is 0.917. The van der Waals surface area contributed by atoms with E-state index in [4.69, 9.17) is 9.47 Å². The molecule has 1 aliphatic rings. The van der Waals surface area contributed by atoms with Crippen molar-refractivity contribution in [2.24, 2.45) is 0 Å². The average molecular weight is 244 g/mol. The van der Waals surface area contributed by atoms with Crippen LogP contribution in [0.2, 0.25) is 0 Å². The molecule has 1 aliphatic heterocycles. The molecule has 0 aliphatic carbocycles. The van der Waals surface area contributed by atoms with E-state index in [1.54, 1.807) is 14.1 Å². The summed E-state index contributed by atoms with van der Waals surface area (Å²) >= 11 is 0. The van der Waals surface area contributed by atoms with Crippen LogP contribution in [0, 0.1) is 0 Å². The molecule has 5 heteroatoms. The van der Waals surface area contributed by atoms with Gasteiger partial charge in [-0.1, -0.05) is 0 Å². The molecule has 1 heterocycles. The zero-order valence-electron chi connectivity index (χ0n) is 11.1. The first-order chi connectivity index (χ1) is 8.13. The standard InChI is InChI=1S/C12H24N2O3/c1-4-16-11-6-5-7-14(10-11)8-9-17-12(15)13(2)3/h11H,4-10H2,1-3H3/t11-/m1/s1. The van der Waals surface area contributed by atoms with Gasteiger partial charge in [0.1, 0.15) is 6.61 Å².